The summed E-state index contributed by atoms with van der Waals surface area (Å²) in [7, 11) is 1.76. The van der Waals surface area contributed by atoms with Gasteiger partial charge in [0.25, 0.3) is 0 Å². The average Bonchev–Trinajstić information content (AvgIpc) is 2.59. The summed E-state index contributed by atoms with van der Waals surface area (Å²) in [6.07, 6.45) is 4.70. The topological polar surface area (TPSA) is 36.5 Å². The van der Waals surface area contributed by atoms with Gasteiger partial charge in [0.05, 0.1) is 18.5 Å². The molecular formula is C19H33N3O. The lowest BCUT2D eigenvalue weighted by molar-refractivity contribution is 0.295. The van der Waals surface area contributed by atoms with Crippen LogP contribution in [0.1, 0.15) is 45.6 Å². The molecule has 0 saturated carbocycles. The van der Waals surface area contributed by atoms with Crippen molar-refractivity contribution < 1.29 is 4.74 Å². The van der Waals surface area contributed by atoms with Crippen LogP contribution in [0.4, 0.5) is 11.4 Å². The van der Waals surface area contributed by atoms with Crippen molar-refractivity contribution in [2.45, 2.75) is 52.5 Å². The second-order valence-corrected chi connectivity index (χ2v) is 6.41. The molecular weight excluding hydrogens is 286 g/mol. The quantitative estimate of drug-likeness (QED) is 0.722. The Bertz CT molecular complexity index is 486. The highest BCUT2D eigenvalue weighted by Crippen LogP contribution is 2.37. The maximum atomic E-state index is 5.52. The molecule has 1 atom stereocenters. The van der Waals surface area contributed by atoms with Crippen LogP contribution in [-0.2, 0) is 6.42 Å². The first kappa shape index (κ1) is 17.9. The Labute approximate surface area is 141 Å². The molecule has 1 unspecified atom stereocenters. The van der Waals surface area contributed by atoms with Crippen LogP contribution in [0.25, 0.3) is 0 Å². The summed E-state index contributed by atoms with van der Waals surface area (Å²) < 4.78 is 5.52. The summed E-state index contributed by atoms with van der Waals surface area (Å²) in [6, 6.07) is 4.72. The number of hydrogen-bond acceptors (Lipinski definition) is 4. The van der Waals surface area contributed by atoms with Gasteiger partial charge in [-0.15, -0.1) is 0 Å². The number of nitrogens with zero attached hydrogens (tertiary/aromatic N) is 1. The van der Waals surface area contributed by atoms with Crippen molar-refractivity contribution in [3.63, 3.8) is 0 Å². The Morgan fingerprint density at radius 1 is 1.30 bits per heavy atom. The molecule has 23 heavy (non-hydrogen) atoms. The van der Waals surface area contributed by atoms with Gasteiger partial charge in [0, 0.05) is 18.2 Å². The Morgan fingerprint density at radius 3 is 2.78 bits per heavy atom. The molecule has 130 valence electrons. The van der Waals surface area contributed by atoms with E-state index in [2.05, 4.69) is 48.4 Å². The molecule has 1 heterocycles. The van der Waals surface area contributed by atoms with E-state index in [0.29, 0.717) is 6.04 Å². The van der Waals surface area contributed by atoms with E-state index < -0.39 is 0 Å². The second-order valence-electron chi connectivity index (χ2n) is 6.41. The molecule has 0 aliphatic carbocycles. The van der Waals surface area contributed by atoms with Gasteiger partial charge in [-0.2, -0.15) is 0 Å². The molecule has 2 rings (SSSR count). The predicted octanol–water partition coefficient (Wildman–Crippen LogP) is 3.98. The van der Waals surface area contributed by atoms with Gasteiger partial charge in [0.2, 0.25) is 0 Å². The van der Waals surface area contributed by atoms with Gasteiger partial charge in [-0.05, 0) is 64.4 Å². The van der Waals surface area contributed by atoms with E-state index in [1.807, 2.05) is 0 Å². The standard InChI is InChI=1S/C19H33N3O/c1-5-22(6-2)14-8-9-15(3)21-17-11-12-18(23-4)16-10-7-13-20-19(16)17/h11-12,15,20-21H,5-10,13-14H2,1-4H3. The molecule has 4 heteroatoms. The number of nitrogens with one attached hydrogen (secondary N) is 2. The Balaban J connectivity index is 1.94. The zero-order valence-corrected chi connectivity index (χ0v) is 15.2. The minimum Gasteiger partial charge on any atom is -0.496 e. The van der Waals surface area contributed by atoms with Crippen molar-refractivity contribution in [3.8, 4) is 5.75 Å². The number of hydrogen-bond donors (Lipinski definition) is 2. The van der Waals surface area contributed by atoms with E-state index in [0.717, 1.165) is 31.8 Å². The van der Waals surface area contributed by atoms with Crippen LogP contribution >= 0.6 is 0 Å². The fraction of sp³-hybridized carbons (Fsp3) is 0.684. The molecule has 2 N–H and O–H groups in total. The first-order valence-corrected chi connectivity index (χ1v) is 9.12. The van der Waals surface area contributed by atoms with Crippen LogP contribution in [0, 0.1) is 0 Å². The van der Waals surface area contributed by atoms with Crippen LogP contribution in [0.2, 0.25) is 0 Å². The van der Waals surface area contributed by atoms with E-state index in [-0.39, 0.29) is 0 Å². The monoisotopic (exact) mass is 319 g/mol. The zero-order valence-electron chi connectivity index (χ0n) is 15.2. The van der Waals surface area contributed by atoms with Crippen LogP contribution in [0.3, 0.4) is 0 Å². The second kappa shape index (κ2) is 9.02. The number of benzene rings is 1. The maximum Gasteiger partial charge on any atom is 0.124 e. The van der Waals surface area contributed by atoms with Crippen LogP contribution < -0.4 is 15.4 Å². The highest BCUT2D eigenvalue weighted by molar-refractivity contribution is 5.76. The lowest BCUT2D eigenvalue weighted by Crippen LogP contribution is -2.26. The molecule has 0 spiro atoms. The summed E-state index contributed by atoms with van der Waals surface area (Å²) in [5, 5.41) is 7.25. The summed E-state index contributed by atoms with van der Waals surface area (Å²) >= 11 is 0. The van der Waals surface area contributed by atoms with Gasteiger partial charge in [-0.3, -0.25) is 0 Å². The lowest BCUT2D eigenvalue weighted by atomic mass is 10.0. The third-order valence-corrected chi connectivity index (χ3v) is 4.80. The first-order valence-electron chi connectivity index (χ1n) is 9.12. The fourth-order valence-electron chi connectivity index (χ4n) is 3.37. The lowest BCUT2D eigenvalue weighted by Gasteiger charge is -2.26. The SMILES string of the molecule is CCN(CC)CCCC(C)Nc1ccc(OC)c2c1NCCC2. The van der Waals surface area contributed by atoms with Gasteiger partial charge in [-0.25, -0.2) is 0 Å². The van der Waals surface area contributed by atoms with Crippen molar-refractivity contribution in [1.82, 2.24) is 4.90 Å². The Hall–Kier alpha value is -1.42. The Morgan fingerprint density at radius 2 is 2.09 bits per heavy atom. The Kier molecular flexibility index (Phi) is 7.03. The molecule has 4 nitrogen and oxygen atoms in total. The van der Waals surface area contributed by atoms with Crippen molar-refractivity contribution >= 4 is 11.4 Å². The molecule has 1 aliphatic rings. The van der Waals surface area contributed by atoms with Crippen LogP contribution in [-0.4, -0.2) is 44.2 Å². The molecule has 0 aromatic heterocycles. The molecule has 1 aromatic rings. The molecule has 0 bridgehead atoms. The molecule has 1 aromatic carbocycles. The smallest absolute Gasteiger partial charge is 0.124 e. The number of methoxy groups -OCH3 is 1. The molecule has 0 radical (unpaired) electrons. The van der Waals surface area contributed by atoms with Gasteiger partial charge in [0.1, 0.15) is 5.75 Å². The number of anilines is 2. The summed E-state index contributed by atoms with van der Waals surface area (Å²) in [6.45, 7) is 11.3. The molecule has 0 saturated heterocycles. The number of rotatable bonds is 9. The minimum atomic E-state index is 0.479. The molecule has 0 fully saturated rings. The van der Waals surface area contributed by atoms with Crippen molar-refractivity contribution in [2.24, 2.45) is 0 Å². The summed E-state index contributed by atoms with van der Waals surface area (Å²) in [4.78, 5) is 2.49. The third kappa shape index (κ3) is 4.77. The van der Waals surface area contributed by atoms with Gasteiger partial charge >= 0.3 is 0 Å². The third-order valence-electron chi connectivity index (χ3n) is 4.80. The highest BCUT2D eigenvalue weighted by Gasteiger charge is 2.18. The highest BCUT2D eigenvalue weighted by atomic mass is 16.5. The average molecular weight is 319 g/mol. The van der Waals surface area contributed by atoms with Crippen molar-refractivity contribution in [3.05, 3.63) is 17.7 Å². The fourth-order valence-corrected chi connectivity index (χ4v) is 3.37. The van der Waals surface area contributed by atoms with Gasteiger partial charge < -0.3 is 20.3 Å². The maximum absolute atomic E-state index is 5.52. The van der Waals surface area contributed by atoms with E-state index >= 15 is 0 Å². The molecule has 0 amide bonds. The van der Waals surface area contributed by atoms with Crippen molar-refractivity contribution in [2.75, 3.05) is 43.9 Å². The van der Waals surface area contributed by atoms with Crippen LogP contribution in [0.15, 0.2) is 12.1 Å². The van der Waals surface area contributed by atoms with E-state index in [9.17, 15) is 0 Å². The van der Waals surface area contributed by atoms with Gasteiger partial charge in [-0.1, -0.05) is 13.8 Å². The van der Waals surface area contributed by atoms with E-state index in [1.165, 1.54) is 42.7 Å². The van der Waals surface area contributed by atoms with E-state index in [4.69, 9.17) is 4.74 Å². The summed E-state index contributed by atoms with van der Waals surface area (Å²) in [5.41, 5.74) is 3.78. The first-order chi connectivity index (χ1) is 11.2. The zero-order chi connectivity index (χ0) is 16.7. The van der Waals surface area contributed by atoms with Crippen LogP contribution in [0.5, 0.6) is 5.75 Å². The minimum absolute atomic E-state index is 0.479. The largest absolute Gasteiger partial charge is 0.496 e. The summed E-state index contributed by atoms with van der Waals surface area (Å²) in [5.74, 6) is 1.01. The predicted molar refractivity (Wildman–Crippen MR) is 99.9 cm³/mol. The normalized spacial score (nSPS) is 15.0. The van der Waals surface area contributed by atoms with Crippen molar-refractivity contribution in [1.29, 1.82) is 0 Å². The molecule has 1 aliphatic heterocycles. The van der Waals surface area contributed by atoms with Gasteiger partial charge in [0.15, 0.2) is 0 Å². The van der Waals surface area contributed by atoms with E-state index in [1.54, 1.807) is 7.11 Å². The number of fused-ring (bicyclic) bond motifs is 1. The number of ether oxygens (including phenoxy) is 1.